The molecule has 3 rings (SSSR count). The van der Waals surface area contributed by atoms with Gasteiger partial charge in [0.1, 0.15) is 5.69 Å². The predicted molar refractivity (Wildman–Crippen MR) is 85.5 cm³/mol. The number of nitrogens with zero attached hydrogens (tertiary/aromatic N) is 5. The van der Waals surface area contributed by atoms with E-state index in [2.05, 4.69) is 39.4 Å². The second-order valence-corrected chi connectivity index (χ2v) is 5.63. The molecule has 3 aromatic heterocycles. The molecule has 3 heterocycles. The molecule has 0 amide bonds. The first-order valence-corrected chi connectivity index (χ1v) is 7.61. The van der Waals surface area contributed by atoms with Crippen LogP contribution in [0.1, 0.15) is 31.3 Å². The highest BCUT2D eigenvalue weighted by Crippen LogP contribution is 2.14. The number of hydrogen-bond acceptors (Lipinski definition) is 6. The average molecular weight is 312 g/mol. The van der Waals surface area contributed by atoms with Crippen LogP contribution in [0, 0.1) is 6.92 Å². The number of pyridine rings is 1. The van der Waals surface area contributed by atoms with Crippen molar-refractivity contribution >= 4 is 0 Å². The number of aromatic nitrogens is 5. The Balaban J connectivity index is 1.59. The summed E-state index contributed by atoms with van der Waals surface area (Å²) in [7, 11) is 0. The lowest BCUT2D eigenvalue weighted by Gasteiger charge is -2.20. The van der Waals surface area contributed by atoms with Crippen molar-refractivity contribution in [1.29, 1.82) is 0 Å². The summed E-state index contributed by atoms with van der Waals surface area (Å²) in [4.78, 5) is 8.57. The second kappa shape index (κ2) is 6.70. The van der Waals surface area contributed by atoms with E-state index in [9.17, 15) is 0 Å². The summed E-state index contributed by atoms with van der Waals surface area (Å²) >= 11 is 0. The first-order valence-electron chi connectivity index (χ1n) is 7.61. The highest BCUT2D eigenvalue weighted by Gasteiger charge is 2.16. The maximum absolute atomic E-state index is 5.27. The Bertz CT molecular complexity index is 751. The van der Waals surface area contributed by atoms with E-state index in [1.54, 1.807) is 6.20 Å². The molecule has 0 fully saturated rings. The van der Waals surface area contributed by atoms with Crippen molar-refractivity contribution in [2.45, 2.75) is 39.4 Å². The third-order valence-electron chi connectivity index (χ3n) is 3.81. The van der Waals surface area contributed by atoms with E-state index in [4.69, 9.17) is 4.52 Å². The topological polar surface area (TPSA) is 81.7 Å². The molecule has 7 nitrogen and oxygen atoms in total. The maximum atomic E-state index is 5.27. The molecule has 23 heavy (non-hydrogen) atoms. The van der Waals surface area contributed by atoms with Crippen molar-refractivity contribution in [2.24, 2.45) is 0 Å². The Labute approximate surface area is 134 Å². The van der Waals surface area contributed by atoms with E-state index in [1.165, 1.54) is 0 Å². The van der Waals surface area contributed by atoms with E-state index in [0.29, 0.717) is 24.0 Å². The average Bonchev–Trinajstić information content (AvgIpc) is 3.22. The van der Waals surface area contributed by atoms with Crippen LogP contribution in [0.3, 0.4) is 0 Å². The van der Waals surface area contributed by atoms with Gasteiger partial charge in [0.25, 0.3) is 0 Å². The Hall–Kier alpha value is -2.54. The van der Waals surface area contributed by atoms with Gasteiger partial charge in [0.15, 0.2) is 0 Å². The standard InChI is InChI=1S/C16H20N6O/c1-11-8-19-22(10-11)13(3)12(2)18-9-15-20-16(21-23-15)14-6-4-5-7-17-14/h4-8,10,12-13,18H,9H2,1-3H3/t12-,13+/m0/s1. The SMILES string of the molecule is Cc1cnn([C@H](C)[C@H](C)NCc2nc(-c3ccccn3)no2)c1. The molecule has 1 N–H and O–H groups in total. The van der Waals surface area contributed by atoms with Gasteiger partial charge in [-0.1, -0.05) is 11.2 Å². The van der Waals surface area contributed by atoms with Gasteiger partial charge < -0.3 is 9.84 Å². The number of nitrogens with one attached hydrogen (secondary N) is 1. The molecule has 3 aromatic rings. The fourth-order valence-corrected chi connectivity index (χ4v) is 2.23. The number of aryl methyl sites for hydroxylation is 1. The molecule has 0 aliphatic heterocycles. The molecule has 0 unspecified atom stereocenters. The van der Waals surface area contributed by atoms with Gasteiger partial charge in [-0.2, -0.15) is 10.1 Å². The van der Waals surface area contributed by atoms with Gasteiger partial charge in [-0.05, 0) is 38.5 Å². The Kier molecular flexibility index (Phi) is 4.47. The van der Waals surface area contributed by atoms with E-state index >= 15 is 0 Å². The molecule has 120 valence electrons. The zero-order valence-electron chi connectivity index (χ0n) is 13.5. The third kappa shape index (κ3) is 3.62. The first kappa shape index (κ1) is 15.4. The monoisotopic (exact) mass is 312 g/mol. The van der Waals surface area contributed by atoms with Crippen LogP contribution >= 0.6 is 0 Å². The van der Waals surface area contributed by atoms with Gasteiger partial charge in [0.05, 0.1) is 18.8 Å². The summed E-state index contributed by atoms with van der Waals surface area (Å²) in [6.45, 7) is 6.77. The van der Waals surface area contributed by atoms with Gasteiger partial charge in [0, 0.05) is 18.4 Å². The molecule has 0 bridgehead atoms. The molecule has 0 saturated carbocycles. The summed E-state index contributed by atoms with van der Waals surface area (Å²) in [6.07, 6.45) is 5.61. The van der Waals surface area contributed by atoms with Crippen LogP contribution in [-0.4, -0.2) is 30.9 Å². The molecule has 0 aromatic carbocycles. The molecule has 7 heteroatoms. The van der Waals surface area contributed by atoms with Gasteiger partial charge in [-0.15, -0.1) is 0 Å². The lowest BCUT2D eigenvalue weighted by molar-refractivity contribution is 0.325. The Morgan fingerprint density at radius 3 is 2.87 bits per heavy atom. The van der Waals surface area contributed by atoms with Crippen LogP contribution in [0.2, 0.25) is 0 Å². The summed E-state index contributed by atoms with van der Waals surface area (Å²) in [6, 6.07) is 6.03. The van der Waals surface area contributed by atoms with Gasteiger partial charge in [0.2, 0.25) is 11.7 Å². The van der Waals surface area contributed by atoms with E-state index in [-0.39, 0.29) is 12.1 Å². The van der Waals surface area contributed by atoms with Crippen LogP contribution in [0.15, 0.2) is 41.3 Å². The number of hydrogen-bond donors (Lipinski definition) is 1. The van der Waals surface area contributed by atoms with Crippen LogP contribution in [0.4, 0.5) is 0 Å². The van der Waals surface area contributed by atoms with Crippen LogP contribution < -0.4 is 5.32 Å². The maximum Gasteiger partial charge on any atom is 0.240 e. The van der Waals surface area contributed by atoms with E-state index < -0.39 is 0 Å². The number of rotatable bonds is 6. The zero-order chi connectivity index (χ0) is 16.2. The molecular formula is C16H20N6O. The lowest BCUT2D eigenvalue weighted by atomic mass is 10.2. The molecule has 0 radical (unpaired) electrons. The smallest absolute Gasteiger partial charge is 0.240 e. The molecule has 0 saturated heterocycles. The lowest BCUT2D eigenvalue weighted by Crippen LogP contribution is -2.33. The van der Waals surface area contributed by atoms with Crippen LogP contribution in [0.25, 0.3) is 11.5 Å². The highest BCUT2D eigenvalue weighted by molar-refractivity contribution is 5.46. The molecular weight excluding hydrogens is 292 g/mol. The largest absolute Gasteiger partial charge is 0.337 e. The fourth-order valence-electron chi connectivity index (χ4n) is 2.23. The third-order valence-corrected chi connectivity index (χ3v) is 3.81. The van der Waals surface area contributed by atoms with Crippen molar-refractivity contribution in [2.75, 3.05) is 0 Å². The first-order chi connectivity index (χ1) is 11.1. The van der Waals surface area contributed by atoms with Crippen molar-refractivity contribution in [3.63, 3.8) is 0 Å². The fraction of sp³-hybridized carbons (Fsp3) is 0.375. The summed E-state index contributed by atoms with van der Waals surface area (Å²) in [5.41, 5.74) is 1.86. The normalized spacial score (nSPS) is 13.9. The molecule has 0 aliphatic rings. The summed E-state index contributed by atoms with van der Waals surface area (Å²) in [5.74, 6) is 1.05. The Morgan fingerprint density at radius 1 is 1.30 bits per heavy atom. The van der Waals surface area contributed by atoms with Crippen molar-refractivity contribution in [3.05, 3.63) is 48.2 Å². The minimum atomic E-state index is 0.208. The summed E-state index contributed by atoms with van der Waals surface area (Å²) in [5, 5.41) is 11.7. The zero-order valence-corrected chi connectivity index (χ0v) is 13.5. The second-order valence-electron chi connectivity index (χ2n) is 5.63. The van der Waals surface area contributed by atoms with Crippen molar-refractivity contribution in [1.82, 2.24) is 30.2 Å². The highest BCUT2D eigenvalue weighted by atomic mass is 16.5. The van der Waals surface area contributed by atoms with Crippen LogP contribution in [0.5, 0.6) is 0 Å². The predicted octanol–water partition coefficient (Wildman–Crippen LogP) is 2.38. The Morgan fingerprint density at radius 2 is 2.17 bits per heavy atom. The van der Waals surface area contributed by atoms with Gasteiger partial charge >= 0.3 is 0 Å². The van der Waals surface area contributed by atoms with Crippen molar-refractivity contribution in [3.8, 4) is 11.5 Å². The van der Waals surface area contributed by atoms with Crippen molar-refractivity contribution < 1.29 is 4.52 Å². The van der Waals surface area contributed by atoms with Crippen LogP contribution in [-0.2, 0) is 6.54 Å². The molecule has 0 aliphatic carbocycles. The molecule has 2 atom stereocenters. The molecule has 0 spiro atoms. The van der Waals surface area contributed by atoms with Gasteiger partial charge in [-0.25, -0.2) is 0 Å². The van der Waals surface area contributed by atoms with E-state index in [1.807, 2.05) is 42.2 Å². The summed E-state index contributed by atoms with van der Waals surface area (Å²) < 4.78 is 7.23. The van der Waals surface area contributed by atoms with Gasteiger partial charge in [-0.3, -0.25) is 9.67 Å². The van der Waals surface area contributed by atoms with E-state index in [0.717, 1.165) is 5.56 Å². The quantitative estimate of drug-likeness (QED) is 0.752. The minimum absolute atomic E-state index is 0.208. The minimum Gasteiger partial charge on any atom is -0.337 e.